The van der Waals surface area contributed by atoms with E-state index in [0.29, 0.717) is 17.3 Å². The van der Waals surface area contributed by atoms with Crippen LogP contribution >= 0.6 is 11.6 Å². The van der Waals surface area contributed by atoms with Crippen molar-refractivity contribution in [2.75, 3.05) is 24.6 Å². The van der Waals surface area contributed by atoms with Crippen molar-refractivity contribution in [3.8, 4) is 0 Å². The van der Waals surface area contributed by atoms with Crippen molar-refractivity contribution >= 4 is 17.3 Å². The minimum Gasteiger partial charge on any atom is -0.395 e. The molecule has 0 aliphatic heterocycles. The molecule has 1 rings (SSSR count). The third kappa shape index (κ3) is 6.54. The highest BCUT2D eigenvalue weighted by atomic mass is 35.5. The van der Waals surface area contributed by atoms with E-state index in [0.717, 1.165) is 10.5 Å². The lowest BCUT2D eigenvalue weighted by atomic mass is 10.1. The Bertz CT molecular complexity index is 452. The first kappa shape index (κ1) is 18.1. The SMILES string of the molecule is CC(C)NCc1ccc(N(CCO)CC(F)(F)F)cc1Cl. The second-order valence-electron chi connectivity index (χ2n) is 5.07. The lowest BCUT2D eigenvalue weighted by molar-refractivity contribution is -0.119. The normalized spacial score (nSPS) is 12.0. The molecule has 0 radical (unpaired) electrons. The molecule has 0 aliphatic rings. The topological polar surface area (TPSA) is 35.5 Å². The predicted octanol–water partition coefficient (Wildman–Crippen LogP) is 3.20. The smallest absolute Gasteiger partial charge is 0.395 e. The van der Waals surface area contributed by atoms with Gasteiger partial charge in [-0.1, -0.05) is 31.5 Å². The molecule has 0 heterocycles. The van der Waals surface area contributed by atoms with Crippen LogP contribution in [0.4, 0.5) is 18.9 Å². The molecule has 0 unspecified atom stereocenters. The average molecular weight is 325 g/mol. The number of nitrogens with zero attached hydrogens (tertiary/aromatic N) is 1. The number of halogens is 4. The lowest BCUT2D eigenvalue weighted by Gasteiger charge is -2.25. The highest BCUT2D eigenvalue weighted by Gasteiger charge is 2.30. The number of alkyl halides is 3. The number of benzene rings is 1. The van der Waals surface area contributed by atoms with Crippen molar-refractivity contribution in [2.45, 2.75) is 32.6 Å². The minimum atomic E-state index is -4.33. The molecule has 0 atom stereocenters. The molecule has 2 N–H and O–H groups in total. The van der Waals surface area contributed by atoms with Crippen LogP contribution < -0.4 is 10.2 Å². The Labute approximate surface area is 127 Å². The zero-order valence-corrected chi connectivity index (χ0v) is 12.8. The largest absolute Gasteiger partial charge is 0.405 e. The molecule has 0 bridgehead atoms. The lowest BCUT2D eigenvalue weighted by Crippen LogP contribution is -2.36. The van der Waals surface area contributed by atoms with Crippen LogP contribution in [0.1, 0.15) is 19.4 Å². The van der Waals surface area contributed by atoms with E-state index in [4.69, 9.17) is 16.7 Å². The van der Waals surface area contributed by atoms with E-state index in [-0.39, 0.29) is 19.2 Å². The summed E-state index contributed by atoms with van der Waals surface area (Å²) in [7, 11) is 0. The molecule has 1 aromatic carbocycles. The van der Waals surface area contributed by atoms with E-state index >= 15 is 0 Å². The van der Waals surface area contributed by atoms with Gasteiger partial charge in [-0.15, -0.1) is 0 Å². The van der Waals surface area contributed by atoms with Gasteiger partial charge in [-0.25, -0.2) is 0 Å². The summed E-state index contributed by atoms with van der Waals surface area (Å²) in [5.74, 6) is 0. The van der Waals surface area contributed by atoms with Crippen LogP contribution in [0.5, 0.6) is 0 Å². The van der Waals surface area contributed by atoms with Crippen LogP contribution in [0, 0.1) is 0 Å². The summed E-state index contributed by atoms with van der Waals surface area (Å²) in [5.41, 5.74) is 1.17. The van der Waals surface area contributed by atoms with Crippen LogP contribution in [0.25, 0.3) is 0 Å². The van der Waals surface area contributed by atoms with Crippen LogP contribution in [0.2, 0.25) is 5.02 Å². The molecule has 0 saturated carbocycles. The number of aliphatic hydroxyl groups is 1. The summed E-state index contributed by atoms with van der Waals surface area (Å²) < 4.78 is 37.6. The quantitative estimate of drug-likeness (QED) is 0.808. The highest BCUT2D eigenvalue weighted by molar-refractivity contribution is 6.31. The van der Waals surface area contributed by atoms with Gasteiger partial charge < -0.3 is 15.3 Å². The molecular weight excluding hydrogens is 305 g/mol. The summed E-state index contributed by atoms with van der Waals surface area (Å²) in [6.45, 7) is 2.97. The molecule has 120 valence electrons. The number of hydrogen-bond donors (Lipinski definition) is 2. The first-order chi connectivity index (χ1) is 9.73. The van der Waals surface area contributed by atoms with E-state index in [1.807, 2.05) is 13.8 Å². The number of rotatable bonds is 7. The fraction of sp³-hybridized carbons (Fsp3) is 0.571. The second-order valence-corrected chi connectivity index (χ2v) is 5.48. The summed E-state index contributed by atoms with van der Waals surface area (Å²) in [6.07, 6.45) is -4.33. The van der Waals surface area contributed by atoms with Gasteiger partial charge >= 0.3 is 6.18 Å². The second kappa shape index (κ2) is 7.87. The third-order valence-electron chi connectivity index (χ3n) is 2.84. The Kier molecular flexibility index (Phi) is 6.77. The minimum absolute atomic E-state index is 0.0978. The Hall–Kier alpha value is -0.980. The Morgan fingerprint density at radius 3 is 2.48 bits per heavy atom. The number of hydrogen-bond acceptors (Lipinski definition) is 3. The zero-order valence-electron chi connectivity index (χ0n) is 12.0. The molecular formula is C14H20ClF3N2O. The van der Waals surface area contributed by atoms with E-state index in [1.54, 1.807) is 12.1 Å². The first-order valence-electron chi connectivity index (χ1n) is 6.67. The van der Waals surface area contributed by atoms with Gasteiger partial charge in [-0.3, -0.25) is 0 Å². The van der Waals surface area contributed by atoms with Crippen molar-refractivity contribution in [3.05, 3.63) is 28.8 Å². The summed E-state index contributed by atoms with van der Waals surface area (Å²) in [6, 6.07) is 5.08. The monoisotopic (exact) mass is 324 g/mol. The van der Waals surface area contributed by atoms with Gasteiger partial charge in [-0.05, 0) is 17.7 Å². The van der Waals surface area contributed by atoms with E-state index in [9.17, 15) is 13.2 Å². The molecule has 0 saturated heterocycles. The molecule has 0 aliphatic carbocycles. The predicted molar refractivity (Wildman–Crippen MR) is 78.8 cm³/mol. The van der Waals surface area contributed by atoms with Gasteiger partial charge in [0.2, 0.25) is 0 Å². The van der Waals surface area contributed by atoms with Gasteiger partial charge in [0.1, 0.15) is 6.54 Å². The molecule has 0 spiro atoms. The number of anilines is 1. The number of aliphatic hydroxyl groups excluding tert-OH is 1. The Balaban J connectivity index is 2.87. The van der Waals surface area contributed by atoms with Crippen molar-refractivity contribution in [1.82, 2.24) is 5.32 Å². The van der Waals surface area contributed by atoms with Crippen LogP contribution in [0.15, 0.2) is 18.2 Å². The van der Waals surface area contributed by atoms with Crippen LogP contribution in [-0.4, -0.2) is 37.0 Å². The van der Waals surface area contributed by atoms with Gasteiger partial charge in [-0.2, -0.15) is 13.2 Å². The van der Waals surface area contributed by atoms with E-state index in [2.05, 4.69) is 5.32 Å². The zero-order chi connectivity index (χ0) is 16.0. The van der Waals surface area contributed by atoms with Crippen molar-refractivity contribution in [1.29, 1.82) is 0 Å². The van der Waals surface area contributed by atoms with Gasteiger partial charge in [0, 0.05) is 29.8 Å². The maximum Gasteiger partial charge on any atom is 0.405 e. The van der Waals surface area contributed by atoms with Crippen LogP contribution in [-0.2, 0) is 6.54 Å². The average Bonchev–Trinajstić information content (AvgIpc) is 2.35. The fourth-order valence-corrected chi connectivity index (χ4v) is 2.07. The number of nitrogens with one attached hydrogen (secondary N) is 1. The van der Waals surface area contributed by atoms with Crippen molar-refractivity contribution in [3.63, 3.8) is 0 Å². The van der Waals surface area contributed by atoms with Crippen molar-refractivity contribution in [2.24, 2.45) is 0 Å². The first-order valence-corrected chi connectivity index (χ1v) is 7.05. The summed E-state index contributed by atoms with van der Waals surface area (Å²) >= 11 is 6.12. The molecule has 0 amide bonds. The fourth-order valence-electron chi connectivity index (χ4n) is 1.83. The maximum absolute atomic E-state index is 12.5. The molecule has 7 heteroatoms. The molecule has 0 fully saturated rings. The standard InChI is InChI=1S/C14H20ClF3N2O/c1-10(2)19-8-11-3-4-12(7-13(11)15)20(5-6-21)9-14(16,17)18/h3-4,7,10,19,21H,5-6,8-9H2,1-2H3. The van der Waals surface area contributed by atoms with Gasteiger partial charge in [0.05, 0.1) is 6.61 Å². The third-order valence-corrected chi connectivity index (χ3v) is 3.19. The van der Waals surface area contributed by atoms with Gasteiger partial charge in [0.25, 0.3) is 0 Å². The molecule has 0 aromatic heterocycles. The van der Waals surface area contributed by atoms with Crippen LogP contribution in [0.3, 0.4) is 0 Å². The maximum atomic E-state index is 12.5. The Morgan fingerprint density at radius 1 is 1.33 bits per heavy atom. The Morgan fingerprint density at radius 2 is 2.00 bits per heavy atom. The summed E-state index contributed by atoms with van der Waals surface area (Å²) in [4.78, 5) is 1.06. The van der Waals surface area contributed by atoms with Gasteiger partial charge in [0.15, 0.2) is 0 Å². The highest BCUT2D eigenvalue weighted by Crippen LogP contribution is 2.26. The molecule has 3 nitrogen and oxygen atoms in total. The molecule has 21 heavy (non-hydrogen) atoms. The molecule has 1 aromatic rings. The van der Waals surface area contributed by atoms with E-state index in [1.165, 1.54) is 6.07 Å². The van der Waals surface area contributed by atoms with Crippen molar-refractivity contribution < 1.29 is 18.3 Å². The summed E-state index contributed by atoms with van der Waals surface area (Å²) in [5, 5.41) is 12.5. The van der Waals surface area contributed by atoms with E-state index < -0.39 is 12.7 Å².